The summed E-state index contributed by atoms with van der Waals surface area (Å²) >= 11 is 5.85. The van der Waals surface area contributed by atoms with E-state index in [1.165, 1.54) is 0 Å². The Morgan fingerprint density at radius 2 is 1.77 bits per heavy atom. The van der Waals surface area contributed by atoms with E-state index in [4.69, 9.17) is 11.6 Å². The van der Waals surface area contributed by atoms with Gasteiger partial charge in [0.25, 0.3) is 5.91 Å². The van der Waals surface area contributed by atoms with Crippen molar-refractivity contribution in [3.63, 3.8) is 0 Å². The Bertz CT molecular complexity index is 636. The van der Waals surface area contributed by atoms with E-state index in [0.29, 0.717) is 23.1 Å². The zero-order valence-corrected chi connectivity index (χ0v) is 12.9. The van der Waals surface area contributed by atoms with Gasteiger partial charge in [0.05, 0.1) is 5.56 Å². The Hall–Kier alpha value is -2.14. The minimum absolute atomic E-state index is 0.0155. The van der Waals surface area contributed by atoms with Crippen LogP contribution in [0.5, 0.6) is 0 Å². The smallest absolute Gasteiger partial charge is 0.256 e. The van der Waals surface area contributed by atoms with Crippen LogP contribution in [-0.4, -0.2) is 33.9 Å². The van der Waals surface area contributed by atoms with Gasteiger partial charge < -0.3 is 10.2 Å². The summed E-state index contributed by atoms with van der Waals surface area (Å²) in [6.45, 7) is 2.27. The number of nitrogens with one attached hydrogen (secondary N) is 1. The average molecular weight is 317 g/mol. The molecule has 0 atom stereocenters. The highest BCUT2D eigenvalue weighted by molar-refractivity contribution is 6.30. The van der Waals surface area contributed by atoms with Crippen molar-refractivity contribution in [2.24, 2.45) is 0 Å². The molecule has 1 aromatic heterocycles. The van der Waals surface area contributed by atoms with Gasteiger partial charge in [0.1, 0.15) is 0 Å². The number of amides is 1. The number of halogens is 1. The third-order valence-corrected chi connectivity index (χ3v) is 3.91. The summed E-state index contributed by atoms with van der Waals surface area (Å²) in [6.07, 6.45) is 5.32. The van der Waals surface area contributed by atoms with E-state index in [-0.39, 0.29) is 5.91 Å². The van der Waals surface area contributed by atoms with Crippen LogP contribution in [0.4, 0.5) is 5.95 Å². The highest BCUT2D eigenvalue weighted by atomic mass is 35.5. The number of likely N-dealkylation sites (tertiary alicyclic amines) is 1. The van der Waals surface area contributed by atoms with Crippen LogP contribution < -0.4 is 5.32 Å². The first kappa shape index (κ1) is 14.8. The summed E-state index contributed by atoms with van der Waals surface area (Å²) in [6, 6.07) is 7.58. The molecule has 3 rings (SSSR count). The molecule has 2 heterocycles. The Labute approximate surface area is 134 Å². The van der Waals surface area contributed by atoms with E-state index in [2.05, 4.69) is 15.3 Å². The summed E-state index contributed by atoms with van der Waals surface area (Å²) in [5.41, 5.74) is 1.63. The summed E-state index contributed by atoms with van der Waals surface area (Å²) in [7, 11) is 0. The molecule has 1 N–H and O–H groups in total. The van der Waals surface area contributed by atoms with Gasteiger partial charge in [-0.2, -0.15) is 0 Å². The first-order chi connectivity index (χ1) is 10.7. The second-order valence-corrected chi connectivity index (χ2v) is 5.71. The molecule has 0 spiro atoms. The van der Waals surface area contributed by atoms with Crippen LogP contribution in [0.3, 0.4) is 0 Å². The number of nitrogens with zero attached hydrogens (tertiary/aromatic N) is 3. The molecule has 0 bridgehead atoms. The van der Waals surface area contributed by atoms with Crippen LogP contribution in [0.2, 0.25) is 5.02 Å². The minimum Gasteiger partial charge on any atom is -0.350 e. The van der Waals surface area contributed by atoms with Gasteiger partial charge in [-0.05, 0) is 30.5 Å². The lowest BCUT2D eigenvalue weighted by molar-refractivity contribution is 0.0792. The number of aromatic nitrogens is 2. The number of anilines is 1. The normalized spacial score (nSPS) is 14.1. The topological polar surface area (TPSA) is 58.1 Å². The van der Waals surface area contributed by atoms with E-state index in [1.807, 2.05) is 29.2 Å². The first-order valence-electron chi connectivity index (χ1n) is 7.32. The molecule has 0 aliphatic carbocycles. The molecule has 1 fully saturated rings. The second-order valence-electron chi connectivity index (χ2n) is 5.27. The molecule has 1 saturated heterocycles. The van der Waals surface area contributed by atoms with Crippen LogP contribution in [0, 0.1) is 0 Å². The van der Waals surface area contributed by atoms with Crippen molar-refractivity contribution < 1.29 is 4.79 Å². The third-order valence-electron chi connectivity index (χ3n) is 3.66. The lowest BCUT2D eigenvalue weighted by atomic mass is 10.2. The maximum atomic E-state index is 12.2. The van der Waals surface area contributed by atoms with Gasteiger partial charge in [0.15, 0.2) is 0 Å². The first-order valence-corrected chi connectivity index (χ1v) is 7.70. The van der Waals surface area contributed by atoms with Gasteiger partial charge in [0, 0.05) is 37.1 Å². The van der Waals surface area contributed by atoms with Gasteiger partial charge in [-0.15, -0.1) is 0 Å². The van der Waals surface area contributed by atoms with Crippen LogP contribution in [0.15, 0.2) is 36.7 Å². The van der Waals surface area contributed by atoms with Gasteiger partial charge in [-0.1, -0.05) is 23.7 Å². The van der Waals surface area contributed by atoms with Crippen molar-refractivity contribution in [1.82, 2.24) is 14.9 Å². The second kappa shape index (κ2) is 6.75. The largest absolute Gasteiger partial charge is 0.350 e. The molecular weight excluding hydrogens is 300 g/mol. The molecule has 22 heavy (non-hydrogen) atoms. The summed E-state index contributed by atoms with van der Waals surface area (Å²) in [4.78, 5) is 22.4. The molecule has 5 nitrogen and oxygen atoms in total. The lowest BCUT2D eigenvalue weighted by Gasteiger charge is -2.14. The standard InChI is InChI=1S/C16H17ClN4O/c17-14-5-3-12(4-6-14)9-18-16-19-10-13(11-20-16)15(22)21-7-1-2-8-21/h3-6,10-11H,1-2,7-9H2,(H,18,19,20). The minimum atomic E-state index is 0.0155. The van der Waals surface area contributed by atoms with Crippen LogP contribution in [0.1, 0.15) is 28.8 Å². The number of carbonyl (C=O) groups excluding carboxylic acids is 1. The molecule has 1 amide bonds. The number of benzene rings is 1. The summed E-state index contributed by atoms with van der Waals surface area (Å²) in [5.74, 6) is 0.523. The zero-order valence-electron chi connectivity index (χ0n) is 12.1. The summed E-state index contributed by atoms with van der Waals surface area (Å²) < 4.78 is 0. The number of hydrogen-bond donors (Lipinski definition) is 1. The van der Waals surface area contributed by atoms with Gasteiger partial charge in [0.2, 0.25) is 5.95 Å². The van der Waals surface area contributed by atoms with Crippen molar-refractivity contribution in [2.75, 3.05) is 18.4 Å². The van der Waals surface area contributed by atoms with Crippen LogP contribution in [-0.2, 0) is 6.54 Å². The molecule has 0 unspecified atom stereocenters. The summed E-state index contributed by atoms with van der Waals surface area (Å²) in [5, 5.41) is 3.84. The van der Waals surface area contributed by atoms with Crippen molar-refractivity contribution >= 4 is 23.5 Å². The van der Waals surface area contributed by atoms with E-state index < -0.39 is 0 Å². The van der Waals surface area contributed by atoms with E-state index >= 15 is 0 Å². The Kier molecular flexibility index (Phi) is 4.53. The SMILES string of the molecule is O=C(c1cnc(NCc2ccc(Cl)cc2)nc1)N1CCCC1. The lowest BCUT2D eigenvalue weighted by Crippen LogP contribution is -2.27. The predicted molar refractivity (Wildman–Crippen MR) is 85.9 cm³/mol. The molecule has 2 aromatic rings. The molecule has 0 radical (unpaired) electrons. The van der Waals surface area contributed by atoms with Crippen molar-refractivity contribution in [3.8, 4) is 0 Å². The highest BCUT2D eigenvalue weighted by Crippen LogP contribution is 2.13. The van der Waals surface area contributed by atoms with Crippen molar-refractivity contribution in [3.05, 3.63) is 52.8 Å². The fourth-order valence-electron chi connectivity index (χ4n) is 2.42. The number of hydrogen-bond acceptors (Lipinski definition) is 4. The van der Waals surface area contributed by atoms with Crippen LogP contribution in [0.25, 0.3) is 0 Å². The van der Waals surface area contributed by atoms with Crippen molar-refractivity contribution in [2.45, 2.75) is 19.4 Å². The maximum absolute atomic E-state index is 12.2. The highest BCUT2D eigenvalue weighted by Gasteiger charge is 2.19. The van der Waals surface area contributed by atoms with Crippen molar-refractivity contribution in [1.29, 1.82) is 0 Å². The monoisotopic (exact) mass is 316 g/mol. The molecular formula is C16H17ClN4O. The maximum Gasteiger partial charge on any atom is 0.256 e. The number of carbonyl (C=O) groups is 1. The Morgan fingerprint density at radius 3 is 2.41 bits per heavy atom. The fourth-order valence-corrected chi connectivity index (χ4v) is 2.54. The molecule has 114 valence electrons. The third kappa shape index (κ3) is 3.54. The van der Waals surface area contributed by atoms with Gasteiger partial charge in [-0.3, -0.25) is 4.79 Å². The predicted octanol–water partition coefficient (Wildman–Crippen LogP) is 2.98. The van der Waals surface area contributed by atoms with E-state index in [0.717, 1.165) is 31.5 Å². The van der Waals surface area contributed by atoms with Gasteiger partial charge in [-0.25, -0.2) is 9.97 Å². The fraction of sp³-hybridized carbons (Fsp3) is 0.312. The molecule has 6 heteroatoms. The Balaban J connectivity index is 1.59. The Morgan fingerprint density at radius 1 is 1.14 bits per heavy atom. The average Bonchev–Trinajstić information content (AvgIpc) is 3.09. The van der Waals surface area contributed by atoms with Crippen LogP contribution >= 0.6 is 11.6 Å². The van der Waals surface area contributed by atoms with E-state index in [1.54, 1.807) is 12.4 Å². The molecule has 1 aliphatic rings. The quantitative estimate of drug-likeness (QED) is 0.942. The molecule has 1 aromatic carbocycles. The van der Waals surface area contributed by atoms with Gasteiger partial charge >= 0.3 is 0 Å². The van der Waals surface area contributed by atoms with E-state index in [9.17, 15) is 4.79 Å². The molecule has 0 saturated carbocycles. The molecule has 1 aliphatic heterocycles. The zero-order chi connectivity index (χ0) is 15.4. The number of rotatable bonds is 4.